The summed E-state index contributed by atoms with van der Waals surface area (Å²) in [5.74, 6) is 0.0650. The van der Waals surface area contributed by atoms with Gasteiger partial charge >= 0.3 is 0 Å². The molecule has 2 heterocycles. The maximum Gasteiger partial charge on any atom is 0.193 e. The zero-order valence-electron chi connectivity index (χ0n) is 14.9. The predicted octanol–water partition coefficient (Wildman–Crippen LogP) is 2.59. The molecule has 5 heteroatoms. The van der Waals surface area contributed by atoms with Gasteiger partial charge in [0, 0.05) is 48.7 Å². The standard InChI is InChI=1S/C21H24N2O3/c24-21(17-4-2-1-3-5-17)18-14-19(22-6-10-25-11-7-22)16-20(15-18)23-8-12-26-13-9-23/h1-5,14-16H,6-13H2. The summed E-state index contributed by atoms with van der Waals surface area (Å²) < 4.78 is 11.0. The van der Waals surface area contributed by atoms with Crippen LogP contribution in [0.1, 0.15) is 15.9 Å². The Hall–Kier alpha value is -2.37. The van der Waals surface area contributed by atoms with E-state index in [9.17, 15) is 4.79 Å². The lowest BCUT2D eigenvalue weighted by atomic mass is 10.0. The fourth-order valence-corrected chi connectivity index (χ4v) is 3.49. The number of carbonyl (C=O) groups excluding carboxylic acids is 1. The molecule has 4 rings (SSSR count). The molecule has 0 atom stereocenters. The van der Waals surface area contributed by atoms with Crippen LogP contribution in [0.4, 0.5) is 11.4 Å². The summed E-state index contributed by atoms with van der Waals surface area (Å²) in [6.07, 6.45) is 0. The minimum absolute atomic E-state index is 0.0650. The number of hydrogen-bond acceptors (Lipinski definition) is 5. The maximum absolute atomic E-state index is 13.0. The molecule has 0 aliphatic carbocycles. The molecule has 2 aromatic carbocycles. The molecular weight excluding hydrogens is 328 g/mol. The highest BCUT2D eigenvalue weighted by Gasteiger charge is 2.19. The fourth-order valence-electron chi connectivity index (χ4n) is 3.49. The van der Waals surface area contributed by atoms with Gasteiger partial charge in [-0.1, -0.05) is 30.3 Å². The molecule has 0 amide bonds. The molecule has 0 radical (unpaired) electrons. The van der Waals surface area contributed by atoms with Gasteiger partial charge in [-0.3, -0.25) is 4.79 Å². The van der Waals surface area contributed by atoms with Crippen molar-refractivity contribution < 1.29 is 14.3 Å². The first-order valence-electron chi connectivity index (χ1n) is 9.21. The fraction of sp³-hybridized carbons (Fsp3) is 0.381. The minimum atomic E-state index is 0.0650. The van der Waals surface area contributed by atoms with Crippen LogP contribution in [-0.4, -0.2) is 58.4 Å². The summed E-state index contributed by atoms with van der Waals surface area (Å²) in [5, 5.41) is 0. The van der Waals surface area contributed by atoms with Crippen molar-refractivity contribution in [3.05, 3.63) is 59.7 Å². The number of carbonyl (C=O) groups is 1. The third-order valence-electron chi connectivity index (χ3n) is 4.95. The molecule has 0 N–H and O–H groups in total. The predicted molar refractivity (Wildman–Crippen MR) is 102 cm³/mol. The summed E-state index contributed by atoms with van der Waals surface area (Å²) in [4.78, 5) is 17.6. The van der Waals surface area contributed by atoms with E-state index in [2.05, 4.69) is 15.9 Å². The Balaban J connectivity index is 1.70. The van der Waals surface area contributed by atoms with Crippen molar-refractivity contribution in [2.75, 3.05) is 62.4 Å². The van der Waals surface area contributed by atoms with Crippen LogP contribution in [0.2, 0.25) is 0 Å². The summed E-state index contributed by atoms with van der Waals surface area (Å²) in [5.41, 5.74) is 3.65. The van der Waals surface area contributed by atoms with Crippen molar-refractivity contribution in [2.24, 2.45) is 0 Å². The molecule has 0 aromatic heterocycles. The average Bonchev–Trinajstić information content (AvgIpc) is 2.75. The number of ether oxygens (including phenoxy) is 2. The first-order chi connectivity index (χ1) is 12.8. The van der Waals surface area contributed by atoms with E-state index < -0.39 is 0 Å². The monoisotopic (exact) mass is 352 g/mol. The Labute approximate surface area is 154 Å². The van der Waals surface area contributed by atoms with Gasteiger partial charge in [-0.2, -0.15) is 0 Å². The molecule has 2 saturated heterocycles. The van der Waals surface area contributed by atoms with E-state index in [0.717, 1.165) is 75.1 Å². The molecule has 26 heavy (non-hydrogen) atoms. The third-order valence-corrected chi connectivity index (χ3v) is 4.95. The lowest BCUT2D eigenvalue weighted by molar-refractivity contribution is 0.103. The number of benzene rings is 2. The molecule has 2 aliphatic rings. The van der Waals surface area contributed by atoms with E-state index in [4.69, 9.17) is 9.47 Å². The smallest absolute Gasteiger partial charge is 0.193 e. The zero-order valence-corrected chi connectivity index (χ0v) is 14.9. The number of rotatable bonds is 4. The van der Waals surface area contributed by atoms with Crippen molar-refractivity contribution in [1.82, 2.24) is 0 Å². The van der Waals surface area contributed by atoms with Crippen LogP contribution in [0.15, 0.2) is 48.5 Å². The van der Waals surface area contributed by atoms with Gasteiger partial charge in [0.15, 0.2) is 5.78 Å². The van der Waals surface area contributed by atoms with Crippen LogP contribution in [0.25, 0.3) is 0 Å². The molecule has 0 unspecified atom stereocenters. The minimum Gasteiger partial charge on any atom is -0.378 e. The lowest BCUT2D eigenvalue weighted by Crippen LogP contribution is -2.38. The van der Waals surface area contributed by atoms with E-state index in [0.29, 0.717) is 0 Å². The van der Waals surface area contributed by atoms with E-state index in [1.807, 2.05) is 42.5 Å². The van der Waals surface area contributed by atoms with Gasteiger partial charge in [0.05, 0.1) is 26.4 Å². The topological polar surface area (TPSA) is 42.0 Å². The molecule has 2 aromatic rings. The van der Waals surface area contributed by atoms with Crippen molar-refractivity contribution in [2.45, 2.75) is 0 Å². The normalized spacial score (nSPS) is 18.0. The first kappa shape index (κ1) is 17.1. The molecular formula is C21H24N2O3. The Kier molecular flexibility index (Phi) is 5.18. The second-order valence-electron chi connectivity index (χ2n) is 6.63. The van der Waals surface area contributed by atoms with Gasteiger partial charge in [-0.05, 0) is 18.2 Å². The Morgan fingerprint density at radius 1 is 0.692 bits per heavy atom. The largest absolute Gasteiger partial charge is 0.378 e. The highest BCUT2D eigenvalue weighted by atomic mass is 16.5. The van der Waals surface area contributed by atoms with E-state index in [1.165, 1.54) is 0 Å². The van der Waals surface area contributed by atoms with E-state index in [1.54, 1.807) is 0 Å². The Bertz CT molecular complexity index is 715. The van der Waals surface area contributed by atoms with Crippen LogP contribution in [0.5, 0.6) is 0 Å². The zero-order chi connectivity index (χ0) is 17.8. The quantitative estimate of drug-likeness (QED) is 0.791. The Morgan fingerprint density at radius 3 is 1.69 bits per heavy atom. The molecule has 0 saturated carbocycles. The molecule has 2 aliphatic heterocycles. The van der Waals surface area contributed by atoms with Gasteiger partial charge < -0.3 is 19.3 Å². The molecule has 2 fully saturated rings. The number of ketones is 1. The molecule has 136 valence electrons. The Morgan fingerprint density at radius 2 is 1.19 bits per heavy atom. The molecule has 0 spiro atoms. The number of morpholine rings is 2. The van der Waals surface area contributed by atoms with Crippen LogP contribution in [-0.2, 0) is 9.47 Å². The van der Waals surface area contributed by atoms with Crippen molar-refractivity contribution in [3.8, 4) is 0 Å². The van der Waals surface area contributed by atoms with Crippen molar-refractivity contribution in [1.29, 1.82) is 0 Å². The van der Waals surface area contributed by atoms with Crippen LogP contribution >= 0.6 is 0 Å². The van der Waals surface area contributed by atoms with Gasteiger partial charge in [0.1, 0.15) is 0 Å². The first-order valence-corrected chi connectivity index (χ1v) is 9.21. The second kappa shape index (κ2) is 7.89. The summed E-state index contributed by atoms with van der Waals surface area (Å²) >= 11 is 0. The van der Waals surface area contributed by atoms with E-state index in [-0.39, 0.29) is 5.78 Å². The van der Waals surface area contributed by atoms with Gasteiger partial charge in [-0.15, -0.1) is 0 Å². The molecule has 5 nitrogen and oxygen atoms in total. The maximum atomic E-state index is 13.0. The van der Waals surface area contributed by atoms with Crippen molar-refractivity contribution >= 4 is 17.2 Å². The molecule has 0 bridgehead atoms. The van der Waals surface area contributed by atoms with Crippen LogP contribution in [0, 0.1) is 0 Å². The second-order valence-corrected chi connectivity index (χ2v) is 6.63. The highest BCUT2D eigenvalue weighted by molar-refractivity contribution is 6.10. The van der Waals surface area contributed by atoms with Crippen LogP contribution in [0.3, 0.4) is 0 Å². The average molecular weight is 352 g/mol. The van der Waals surface area contributed by atoms with Crippen molar-refractivity contribution in [3.63, 3.8) is 0 Å². The third kappa shape index (κ3) is 3.74. The van der Waals surface area contributed by atoms with Crippen LogP contribution < -0.4 is 9.80 Å². The lowest BCUT2D eigenvalue weighted by Gasteiger charge is -2.33. The van der Waals surface area contributed by atoms with Gasteiger partial charge in [0.2, 0.25) is 0 Å². The number of hydrogen-bond donors (Lipinski definition) is 0. The number of nitrogens with zero attached hydrogens (tertiary/aromatic N) is 2. The number of anilines is 2. The van der Waals surface area contributed by atoms with Gasteiger partial charge in [0.25, 0.3) is 0 Å². The summed E-state index contributed by atoms with van der Waals surface area (Å²) in [6.45, 7) is 6.31. The highest BCUT2D eigenvalue weighted by Crippen LogP contribution is 2.28. The van der Waals surface area contributed by atoms with Gasteiger partial charge in [-0.25, -0.2) is 0 Å². The summed E-state index contributed by atoms with van der Waals surface area (Å²) in [7, 11) is 0. The SMILES string of the molecule is O=C(c1ccccc1)c1cc(N2CCOCC2)cc(N2CCOCC2)c1. The van der Waals surface area contributed by atoms with E-state index >= 15 is 0 Å². The summed E-state index contributed by atoms with van der Waals surface area (Å²) in [6, 6.07) is 15.7.